The molecule has 2 aromatic heterocycles. The molecule has 1 atom stereocenters. The van der Waals surface area contributed by atoms with Crippen molar-refractivity contribution in [3.8, 4) is 0 Å². The maximum atomic E-state index is 11.2. The van der Waals surface area contributed by atoms with Crippen molar-refractivity contribution in [1.29, 1.82) is 0 Å². The van der Waals surface area contributed by atoms with Gasteiger partial charge in [-0.2, -0.15) is 0 Å². The molecule has 0 aliphatic carbocycles. The van der Waals surface area contributed by atoms with Gasteiger partial charge in [-0.3, -0.25) is 9.69 Å². The van der Waals surface area contributed by atoms with Crippen LogP contribution in [0.5, 0.6) is 0 Å². The summed E-state index contributed by atoms with van der Waals surface area (Å²) in [4.78, 5) is 16.4. The highest BCUT2D eigenvalue weighted by molar-refractivity contribution is 5.11. The molecule has 2 fully saturated rings. The van der Waals surface area contributed by atoms with Crippen molar-refractivity contribution in [1.82, 2.24) is 9.88 Å². The van der Waals surface area contributed by atoms with Crippen LogP contribution in [0.2, 0.25) is 0 Å². The third-order valence-electron chi connectivity index (χ3n) is 5.64. The average Bonchev–Trinajstić information content (AvgIpc) is 3.14. The lowest BCUT2D eigenvalue weighted by molar-refractivity contribution is 0.000727. The van der Waals surface area contributed by atoms with Crippen LogP contribution < -0.4 is 5.56 Å². The zero-order chi connectivity index (χ0) is 17.8. The smallest absolute Gasteiger partial charge is 0.247 e. The topological polar surface area (TPSA) is 58.5 Å². The molecule has 0 amide bonds. The van der Waals surface area contributed by atoms with E-state index in [1.165, 1.54) is 24.8 Å². The summed E-state index contributed by atoms with van der Waals surface area (Å²) < 4.78 is 11.9. The molecule has 140 valence electrons. The lowest BCUT2D eigenvalue weighted by atomic mass is 9.91. The second-order valence-electron chi connectivity index (χ2n) is 7.64. The molecule has 1 N–H and O–H groups in total. The summed E-state index contributed by atoms with van der Waals surface area (Å²) in [6.45, 7) is 3.94. The van der Waals surface area contributed by atoms with Crippen LogP contribution in [0.25, 0.3) is 0 Å². The third kappa shape index (κ3) is 4.46. The van der Waals surface area contributed by atoms with Crippen LogP contribution in [0.15, 0.2) is 39.7 Å². The van der Waals surface area contributed by atoms with E-state index >= 15 is 0 Å². The summed E-state index contributed by atoms with van der Waals surface area (Å²) in [5.74, 6) is 2.74. The number of nitrogens with zero attached hydrogens (tertiary/aromatic N) is 1. The van der Waals surface area contributed by atoms with Gasteiger partial charge in [-0.1, -0.05) is 6.07 Å². The molecule has 0 spiro atoms. The van der Waals surface area contributed by atoms with Gasteiger partial charge in [0.2, 0.25) is 5.56 Å². The van der Waals surface area contributed by atoms with Crippen molar-refractivity contribution >= 4 is 0 Å². The maximum absolute atomic E-state index is 11.2. The monoisotopic (exact) mass is 356 g/mol. The largest absolute Gasteiger partial charge is 0.462 e. The van der Waals surface area contributed by atoms with Gasteiger partial charge in [0.1, 0.15) is 17.6 Å². The number of ether oxygens (including phenoxy) is 1. The summed E-state index contributed by atoms with van der Waals surface area (Å²) in [5.41, 5.74) is 1.20. The van der Waals surface area contributed by atoms with Crippen LogP contribution in [0, 0.1) is 5.92 Å². The molecule has 5 nitrogen and oxygen atoms in total. The predicted molar refractivity (Wildman–Crippen MR) is 100 cm³/mol. The minimum atomic E-state index is -0.0278. The Morgan fingerprint density at radius 1 is 1.08 bits per heavy atom. The van der Waals surface area contributed by atoms with Gasteiger partial charge in [0.25, 0.3) is 0 Å². The SMILES string of the molecule is O=c1ccc(CC2CCN(Cc3ccc(C4CCCCO4)o3)CC2)c[nH]1. The lowest BCUT2D eigenvalue weighted by Crippen LogP contribution is -2.33. The van der Waals surface area contributed by atoms with E-state index in [1.807, 2.05) is 12.3 Å². The molecular weight excluding hydrogens is 328 g/mol. The highest BCUT2D eigenvalue weighted by Gasteiger charge is 2.22. The Kier molecular flexibility index (Phi) is 5.56. The van der Waals surface area contributed by atoms with Crippen molar-refractivity contribution in [2.75, 3.05) is 19.7 Å². The fourth-order valence-electron chi connectivity index (χ4n) is 4.09. The van der Waals surface area contributed by atoms with Gasteiger partial charge in [0.05, 0.1) is 6.54 Å². The van der Waals surface area contributed by atoms with E-state index in [9.17, 15) is 4.79 Å². The number of furan rings is 1. The quantitative estimate of drug-likeness (QED) is 0.888. The Labute approximate surface area is 154 Å². The number of pyridine rings is 1. The van der Waals surface area contributed by atoms with Crippen LogP contribution in [-0.2, 0) is 17.7 Å². The minimum absolute atomic E-state index is 0.0278. The predicted octanol–water partition coefficient (Wildman–Crippen LogP) is 3.66. The molecule has 5 heteroatoms. The van der Waals surface area contributed by atoms with Gasteiger partial charge in [0, 0.05) is 18.9 Å². The summed E-state index contributed by atoms with van der Waals surface area (Å²) in [5, 5.41) is 0. The van der Waals surface area contributed by atoms with Crippen LogP contribution in [-0.4, -0.2) is 29.6 Å². The summed E-state index contributed by atoms with van der Waals surface area (Å²) in [7, 11) is 0. The van der Waals surface area contributed by atoms with E-state index in [1.54, 1.807) is 6.07 Å². The fourth-order valence-corrected chi connectivity index (χ4v) is 4.09. The van der Waals surface area contributed by atoms with Crippen LogP contribution in [0.1, 0.15) is 55.3 Å². The number of likely N-dealkylation sites (tertiary alicyclic amines) is 1. The van der Waals surface area contributed by atoms with Gasteiger partial charge < -0.3 is 14.1 Å². The molecule has 0 radical (unpaired) electrons. The number of H-pyrrole nitrogens is 1. The van der Waals surface area contributed by atoms with Crippen LogP contribution in [0.3, 0.4) is 0 Å². The van der Waals surface area contributed by atoms with Gasteiger partial charge in [-0.15, -0.1) is 0 Å². The first kappa shape index (κ1) is 17.6. The number of piperidine rings is 1. The third-order valence-corrected chi connectivity index (χ3v) is 5.64. The summed E-state index contributed by atoms with van der Waals surface area (Å²) in [6.07, 6.45) is 8.91. The highest BCUT2D eigenvalue weighted by Crippen LogP contribution is 2.30. The molecule has 2 aromatic rings. The first-order valence-corrected chi connectivity index (χ1v) is 9.86. The Morgan fingerprint density at radius 3 is 2.69 bits per heavy atom. The van der Waals surface area contributed by atoms with Gasteiger partial charge in [-0.05, 0) is 75.2 Å². The zero-order valence-electron chi connectivity index (χ0n) is 15.3. The molecular formula is C21H28N2O3. The number of rotatable bonds is 5. The molecule has 2 saturated heterocycles. The van der Waals surface area contributed by atoms with E-state index in [-0.39, 0.29) is 11.7 Å². The minimum Gasteiger partial charge on any atom is -0.462 e. The molecule has 1 unspecified atom stereocenters. The Balaban J connectivity index is 1.25. The first-order chi connectivity index (χ1) is 12.8. The van der Waals surface area contributed by atoms with E-state index in [0.29, 0.717) is 5.92 Å². The number of aromatic nitrogens is 1. The molecule has 0 aromatic carbocycles. The number of hydrogen-bond acceptors (Lipinski definition) is 4. The van der Waals surface area contributed by atoms with Crippen molar-refractivity contribution in [3.05, 3.63) is 57.9 Å². The molecule has 4 rings (SSSR count). The van der Waals surface area contributed by atoms with Crippen molar-refractivity contribution in [2.24, 2.45) is 5.92 Å². The molecule has 0 bridgehead atoms. The maximum Gasteiger partial charge on any atom is 0.247 e. The van der Waals surface area contributed by atoms with Gasteiger partial charge >= 0.3 is 0 Å². The lowest BCUT2D eigenvalue weighted by Gasteiger charge is -2.31. The Bertz CT molecular complexity index is 732. The van der Waals surface area contributed by atoms with Crippen molar-refractivity contribution in [3.63, 3.8) is 0 Å². The Morgan fingerprint density at radius 2 is 1.96 bits per heavy atom. The van der Waals surface area contributed by atoms with Crippen molar-refractivity contribution in [2.45, 2.75) is 51.2 Å². The summed E-state index contributed by atoms with van der Waals surface area (Å²) in [6, 6.07) is 7.77. The molecule has 2 aliphatic heterocycles. The summed E-state index contributed by atoms with van der Waals surface area (Å²) >= 11 is 0. The molecule has 26 heavy (non-hydrogen) atoms. The molecule has 4 heterocycles. The normalized spacial score (nSPS) is 22.5. The van der Waals surface area contributed by atoms with E-state index in [0.717, 1.165) is 57.0 Å². The highest BCUT2D eigenvalue weighted by atomic mass is 16.5. The van der Waals surface area contributed by atoms with Gasteiger partial charge in [0.15, 0.2) is 0 Å². The van der Waals surface area contributed by atoms with E-state index < -0.39 is 0 Å². The van der Waals surface area contributed by atoms with Crippen molar-refractivity contribution < 1.29 is 9.15 Å². The van der Waals surface area contributed by atoms with Gasteiger partial charge in [-0.25, -0.2) is 0 Å². The first-order valence-electron chi connectivity index (χ1n) is 9.86. The van der Waals surface area contributed by atoms with E-state index in [4.69, 9.17) is 9.15 Å². The second-order valence-corrected chi connectivity index (χ2v) is 7.64. The average molecular weight is 356 g/mol. The van der Waals surface area contributed by atoms with Crippen LogP contribution >= 0.6 is 0 Å². The molecule has 0 saturated carbocycles. The van der Waals surface area contributed by atoms with Crippen LogP contribution in [0.4, 0.5) is 0 Å². The molecule has 2 aliphatic rings. The second kappa shape index (κ2) is 8.23. The standard InChI is InChI=1S/C21H28N2O3/c24-21-7-4-17(14-22-21)13-16-8-10-23(11-9-16)15-18-5-6-20(26-18)19-3-1-2-12-25-19/h4-7,14,16,19H,1-3,8-13,15H2,(H,22,24). The Hall–Kier alpha value is -1.85. The number of aromatic amines is 1. The fraction of sp³-hybridized carbons (Fsp3) is 0.571. The zero-order valence-corrected chi connectivity index (χ0v) is 15.3. The number of nitrogens with one attached hydrogen (secondary N) is 1. The van der Waals surface area contributed by atoms with E-state index in [2.05, 4.69) is 22.0 Å². The number of hydrogen-bond donors (Lipinski definition) is 1.